The van der Waals surface area contributed by atoms with Crippen molar-refractivity contribution in [1.82, 2.24) is 5.32 Å². The van der Waals surface area contributed by atoms with Crippen molar-refractivity contribution in [2.24, 2.45) is 0 Å². The van der Waals surface area contributed by atoms with Crippen LogP contribution < -0.4 is 10.2 Å². The summed E-state index contributed by atoms with van der Waals surface area (Å²) in [6.07, 6.45) is 0.924. The summed E-state index contributed by atoms with van der Waals surface area (Å²) < 4.78 is 0. The topological polar surface area (TPSA) is 32.3 Å². The Bertz CT molecular complexity index is 421. The lowest BCUT2D eigenvalue weighted by molar-refractivity contribution is -0.122. The Balaban J connectivity index is 2.22. The minimum atomic E-state index is -0.272. The molecule has 0 radical (unpaired) electrons. The molecule has 2 heterocycles. The van der Waals surface area contributed by atoms with E-state index >= 15 is 0 Å². The smallest absolute Gasteiger partial charge is 0.238 e. The SMILES string of the molecule is CN1C(=O)[C@@]2(CCNC2)c2ccccc21. The number of hydrogen-bond acceptors (Lipinski definition) is 2. The van der Waals surface area contributed by atoms with E-state index in [1.807, 2.05) is 25.2 Å². The summed E-state index contributed by atoms with van der Waals surface area (Å²) in [5.41, 5.74) is 2.00. The molecule has 2 aliphatic heterocycles. The lowest BCUT2D eigenvalue weighted by atomic mass is 9.81. The second kappa shape index (κ2) is 2.83. The summed E-state index contributed by atoms with van der Waals surface area (Å²) in [7, 11) is 1.87. The van der Waals surface area contributed by atoms with Crippen LogP contribution in [0.3, 0.4) is 0 Å². The standard InChI is InChI=1S/C12H14N2O/c1-14-10-5-3-2-4-9(10)12(11(14)15)6-7-13-8-12/h2-5,13H,6-8H2,1H3/t12-/m1/s1. The third-order valence-electron chi connectivity index (χ3n) is 3.65. The quantitative estimate of drug-likeness (QED) is 0.677. The predicted molar refractivity (Wildman–Crippen MR) is 59.0 cm³/mol. The fourth-order valence-corrected chi connectivity index (χ4v) is 2.82. The van der Waals surface area contributed by atoms with Crippen molar-refractivity contribution in [1.29, 1.82) is 0 Å². The van der Waals surface area contributed by atoms with Crippen LogP contribution in [0.5, 0.6) is 0 Å². The number of anilines is 1. The molecule has 3 heteroatoms. The number of carbonyl (C=O) groups excluding carboxylic acids is 1. The van der Waals surface area contributed by atoms with Crippen molar-refractivity contribution in [3.63, 3.8) is 0 Å². The zero-order valence-electron chi connectivity index (χ0n) is 8.79. The Morgan fingerprint density at radius 1 is 1.40 bits per heavy atom. The molecule has 3 nitrogen and oxygen atoms in total. The normalized spacial score (nSPS) is 28.9. The molecule has 3 rings (SSSR count). The molecule has 1 saturated heterocycles. The molecule has 1 aromatic rings. The van der Waals surface area contributed by atoms with Crippen LogP contribution in [-0.2, 0) is 10.2 Å². The van der Waals surface area contributed by atoms with Gasteiger partial charge >= 0.3 is 0 Å². The Labute approximate surface area is 89.1 Å². The third kappa shape index (κ3) is 0.960. The second-order valence-corrected chi connectivity index (χ2v) is 4.39. The van der Waals surface area contributed by atoms with Crippen molar-refractivity contribution in [3.8, 4) is 0 Å². The molecule has 1 fully saturated rings. The fourth-order valence-electron chi connectivity index (χ4n) is 2.82. The maximum atomic E-state index is 12.3. The van der Waals surface area contributed by atoms with E-state index in [0.29, 0.717) is 0 Å². The average Bonchev–Trinajstić information content (AvgIpc) is 2.83. The van der Waals surface area contributed by atoms with Crippen molar-refractivity contribution in [2.75, 3.05) is 25.0 Å². The molecule has 1 amide bonds. The molecule has 0 unspecified atom stereocenters. The first-order valence-corrected chi connectivity index (χ1v) is 5.34. The monoisotopic (exact) mass is 202 g/mol. The van der Waals surface area contributed by atoms with E-state index in [-0.39, 0.29) is 11.3 Å². The number of nitrogens with zero attached hydrogens (tertiary/aromatic N) is 1. The zero-order chi connectivity index (χ0) is 10.5. The van der Waals surface area contributed by atoms with E-state index in [0.717, 1.165) is 25.2 Å². The van der Waals surface area contributed by atoms with E-state index in [4.69, 9.17) is 0 Å². The van der Waals surface area contributed by atoms with Crippen LogP contribution in [-0.4, -0.2) is 26.0 Å². The van der Waals surface area contributed by atoms with Crippen LogP contribution >= 0.6 is 0 Å². The van der Waals surface area contributed by atoms with Crippen LogP contribution in [0.25, 0.3) is 0 Å². The molecule has 78 valence electrons. The number of para-hydroxylation sites is 1. The zero-order valence-corrected chi connectivity index (χ0v) is 8.79. The van der Waals surface area contributed by atoms with Crippen molar-refractivity contribution < 1.29 is 4.79 Å². The Morgan fingerprint density at radius 2 is 2.20 bits per heavy atom. The highest BCUT2D eigenvalue weighted by Crippen LogP contribution is 2.44. The van der Waals surface area contributed by atoms with Gasteiger partial charge in [0.05, 0.1) is 5.41 Å². The summed E-state index contributed by atoms with van der Waals surface area (Å²) in [4.78, 5) is 14.1. The molecular weight excluding hydrogens is 188 g/mol. The molecule has 1 atom stereocenters. The molecule has 2 aliphatic rings. The van der Waals surface area contributed by atoms with Gasteiger partial charge in [-0.1, -0.05) is 18.2 Å². The molecule has 15 heavy (non-hydrogen) atoms. The summed E-state index contributed by atoms with van der Waals surface area (Å²) in [6, 6.07) is 8.12. The van der Waals surface area contributed by atoms with Crippen LogP contribution in [0.2, 0.25) is 0 Å². The maximum Gasteiger partial charge on any atom is 0.238 e. The summed E-state index contributed by atoms with van der Waals surface area (Å²) in [5, 5.41) is 3.30. The highest BCUT2D eigenvalue weighted by molar-refractivity contribution is 6.08. The van der Waals surface area contributed by atoms with Gasteiger partial charge in [-0.15, -0.1) is 0 Å². The highest BCUT2D eigenvalue weighted by atomic mass is 16.2. The second-order valence-electron chi connectivity index (χ2n) is 4.39. The fraction of sp³-hybridized carbons (Fsp3) is 0.417. The minimum absolute atomic E-state index is 0.244. The number of likely N-dealkylation sites (N-methyl/N-ethyl adjacent to an activating group) is 1. The van der Waals surface area contributed by atoms with E-state index < -0.39 is 0 Å². The van der Waals surface area contributed by atoms with Gasteiger partial charge < -0.3 is 10.2 Å². The number of nitrogens with one attached hydrogen (secondary N) is 1. The molecule has 1 spiro atoms. The molecule has 0 saturated carbocycles. The molecule has 0 aliphatic carbocycles. The van der Waals surface area contributed by atoms with Gasteiger partial charge in [-0.3, -0.25) is 4.79 Å². The number of hydrogen-bond donors (Lipinski definition) is 1. The van der Waals surface area contributed by atoms with Gasteiger partial charge in [0.25, 0.3) is 0 Å². The minimum Gasteiger partial charge on any atom is -0.315 e. The van der Waals surface area contributed by atoms with Crippen LogP contribution in [0.4, 0.5) is 5.69 Å². The molecule has 0 bridgehead atoms. The van der Waals surface area contributed by atoms with Crippen LogP contribution in [0.1, 0.15) is 12.0 Å². The molecule has 1 aromatic carbocycles. The van der Waals surface area contributed by atoms with Gasteiger partial charge in [-0.2, -0.15) is 0 Å². The van der Waals surface area contributed by atoms with Gasteiger partial charge in [0.2, 0.25) is 5.91 Å². The molecule has 1 N–H and O–H groups in total. The lowest BCUT2D eigenvalue weighted by Gasteiger charge is -2.20. The Kier molecular flexibility index (Phi) is 1.68. The Hall–Kier alpha value is -1.35. The number of amides is 1. The number of carbonyl (C=O) groups is 1. The summed E-state index contributed by atoms with van der Waals surface area (Å²) in [5.74, 6) is 0.244. The largest absolute Gasteiger partial charge is 0.315 e. The van der Waals surface area contributed by atoms with Crippen LogP contribution in [0.15, 0.2) is 24.3 Å². The first-order valence-electron chi connectivity index (χ1n) is 5.34. The van der Waals surface area contributed by atoms with Gasteiger partial charge in [-0.05, 0) is 24.6 Å². The van der Waals surface area contributed by atoms with E-state index in [1.54, 1.807) is 4.90 Å². The van der Waals surface area contributed by atoms with Crippen molar-refractivity contribution >= 4 is 11.6 Å². The average molecular weight is 202 g/mol. The first kappa shape index (κ1) is 8.92. The number of benzene rings is 1. The van der Waals surface area contributed by atoms with Gasteiger partial charge in [0.1, 0.15) is 0 Å². The van der Waals surface area contributed by atoms with Gasteiger partial charge in [0.15, 0.2) is 0 Å². The van der Waals surface area contributed by atoms with E-state index in [9.17, 15) is 4.79 Å². The Morgan fingerprint density at radius 3 is 2.93 bits per heavy atom. The molecular formula is C12H14N2O. The molecule has 0 aromatic heterocycles. The summed E-state index contributed by atoms with van der Waals surface area (Å²) >= 11 is 0. The predicted octanol–water partition coefficient (Wildman–Crippen LogP) is 0.894. The van der Waals surface area contributed by atoms with Crippen molar-refractivity contribution in [3.05, 3.63) is 29.8 Å². The maximum absolute atomic E-state index is 12.3. The van der Waals surface area contributed by atoms with Gasteiger partial charge in [-0.25, -0.2) is 0 Å². The van der Waals surface area contributed by atoms with Gasteiger partial charge in [0, 0.05) is 19.3 Å². The first-order chi connectivity index (χ1) is 7.26. The summed E-state index contributed by atoms with van der Waals surface area (Å²) in [6.45, 7) is 1.72. The van der Waals surface area contributed by atoms with E-state index in [1.165, 1.54) is 5.56 Å². The number of rotatable bonds is 0. The third-order valence-corrected chi connectivity index (χ3v) is 3.65. The van der Waals surface area contributed by atoms with Crippen LogP contribution in [0, 0.1) is 0 Å². The van der Waals surface area contributed by atoms with E-state index in [2.05, 4.69) is 11.4 Å². The lowest BCUT2D eigenvalue weighted by Crippen LogP contribution is -2.40. The van der Waals surface area contributed by atoms with Crippen molar-refractivity contribution in [2.45, 2.75) is 11.8 Å². The highest BCUT2D eigenvalue weighted by Gasteiger charge is 2.50. The number of fused-ring (bicyclic) bond motifs is 2.